The molecule has 0 aromatic heterocycles. The Kier molecular flexibility index (Phi) is 5.33. The molecule has 0 aliphatic carbocycles. The van der Waals surface area contributed by atoms with Gasteiger partial charge in [-0.2, -0.15) is 0 Å². The minimum absolute atomic E-state index is 0.848. The van der Waals surface area contributed by atoms with Gasteiger partial charge in [0.25, 0.3) is 0 Å². The van der Waals surface area contributed by atoms with Gasteiger partial charge in [-0.25, -0.2) is 0 Å². The molecule has 1 aromatic carbocycles. The Morgan fingerprint density at radius 3 is 2.29 bits per heavy atom. The van der Waals surface area contributed by atoms with Gasteiger partial charge in [0.1, 0.15) is 5.75 Å². The van der Waals surface area contributed by atoms with Crippen molar-refractivity contribution in [3.8, 4) is 5.75 Å². The SMILES string of the molecule is c1cc2c(cc1CN1CCN(CCN3CCOCC3)CC1)CCO2. The second-order valence-electron chi connectivity index (χ2n) is 7.11. The molecule has 24 heavy (non-hydrogen) atoms. The van der Waals surface area contributed by atoms with E-state index in [9.17, 15) is 0 Å². The molecule has 3 aliphatic rings. The zero-order chi connectivity index (χ0) is 16.2. The fraction of sp³-hybridized carbons (Fsp3) is 0.684. The summed E-state index contributed by atoms with van der Waals surface area (Å²) >= 11 is 0. The molecule has 2 fully saturated rings. The van der Waals surface area contributed by atoms with Crippen LogP contribution in [0, 0.1) is 0 Å². The van der Waals surface area contributed by atoms with Crippen molar-refractivity contribution in [3.05, 3.63) is 29.3 Å². The number of fused-ring (bicyclic) bond motifs is 1. The third kappa shape index (κ3) is 4.09. The van der Waals surface area contributed by atoms with Gasteiger partial charge in [-0.05, 0) is 17.2 Å². The third-order valence-electron chi connectivity index (χ3n) is 5.46. The van der Waals surface area contributed by atoms with Crippen LogP contribution in [0.5, 0.6) is 5.75 Å². The Balaban J connectivity index is 1.20. The van der Waals surface area contributed by atoms with Crippen LogP contribution in [0.4, 0.5) is 0 Å². The summed E-state index contributed by atoms with van der Waals surface area (Å²) in [5.41, 5.74) is 2.82. The predicted octanol–water partition coefficient (Wildman–Crippen LogP) is 1.07. The first-order valence-electron chi connectivity index (χ1n) is 9.36. The average Bonchev–Trinajstić information content (AvgIpc) is 3.10. The van der Waals surface area contributed by atoms with Crippen molar-refractivity contribution in [2.45, 2.75) is 13.0 Å². The molecular formula is C19H29N3O2. The first-order chi connectivity index (χ1) is 11.9. The van der Waals surface area contributed by atoms with Crippen LogP contribution >= 0.6 is 0 Å². The zero-order valence-corrected chi connectivity index (χ0v) is 14.6. The van der Waals surface area contributed by atoms with E-state index in [2.05, 4.69) is 32.9 Å². The Labute approximate surface area is 145 Å². The molecule has 0 amide bonds. The van der Waals surface area contributed by atoms with E-state index < -0.39 is 0 Å². The predicted molar refractivity (Wildman–Crippen MR) is 94.6 cm³/mol. The summed E-state index contributed by atoms with van der Waals surface area (Å²) in [7, 11) is 0. The summed E-state index contributed by atoms with van der Waals surface area (Å²) in [6.45, 7) is 13.1. The van der Waals surface area contributed by atoms with E-state index in [1.807, 2.05) is 0 Å². The number of nitrogens with zero attached hydrogens (tertiary/aromatic N) is 3. The lowest BCUT2D eigenvalue weighted by Crippen LogP contribution is -2.49. The highest BCUT2D eigenvalue weighted by Crippen LogP contribution is 2.26. The summed E-state index contributed by atoms with van der Waals surface area (Å²) in [6, 6.07) is 6.72. The molecule has 0 saturated carbocycles. The van der Waals surface area contributed by atoms with E-state index in [1.165, 1.54) is 50.4 Å². The molecule has 2 saturated heterocycles. The second kappa shape index (κ2) is 7.83. The summed E-state index contributed by atoms with van der Waals surface area (Å²) < 4.78 is 11.0. The molecule has 132 valence electrons. The van der Waals surface area contributed by atoms with Gasteiger partial charge in [0.15, 0.2) is 0 Å². The van der Waals surface area contributed by atoms with E-state index in [4.69, 9.17) is 9.47 Å². The zero-order valence-electron chi connectivity index (χ0n) is 14.6. The molecule has 5 nitrogen and oxygen atoms in total. The Morgan fingerprint density at radius 1 is 0.792 bits per heavy atom. The number of morpholine rings is 1. The normalized spacial score (nSPS) is 23.2. The van der Waals surface area contributed by atoms with Crippen LogP contribution in [-0.4, -0.2) is 86.9 Å². The van der Waals surface area contributed by atoms with E-state index in [0.717, 1.165) is 51.6 Å². The van der Waals surface area contributed by atoms with Gasteiger partial charge in [-0.3, -0.25) is 14.7 Å². The standard InChI is InChI=1S/C19H29N3O2/c1-2-19-18(3-12-24-19)15-17(1)16-22-8-6-20(7-9-22)4-5-21-10-13-23-14-11-21/h1-2,15H,3-14,16H2. The van der Waals surface area contributed by atoms with Gasteiger partial charge in [0, 0.05) is 65.3 Å². The van der Waals surface area contributed by atoms with Gasteiger partial charge in [0.05, 0.1) is 19.8 Å². The largest absolute Gasteiger partial charge is 0.493 e. The topological polar surface area (TPSA) is 28.2 Å². The minimum Gasteiger partial charge on any atom is -0.493 e. The Bertz CT molecular complexity index is 537. The number of benzene rings is 1. The van der Waals surface area contributed by atoms with Crippen LogP contribution < -0.4 is 4.74 Å². The van der Waals surface area contributed by atoms with E-state index in [-0.39, 0.29) is 0 Å². The molecule has 3 aliphatic heterocycles. The van der Waals surface area contributed by atoms with Crippen LogP contribution in [0.25, 0.3) is 0 Å². The number of hydrogen-bond acceptors (Lipinski definition) is 5. The maximum absolute atomic E-state index is 5.60. The average molecular weight is 331 g/mol. The maximum Gasteiger partial charge on any atom is 0.122 e. The van der Waals surface area contributed by atoms with Crippen LogP contribution in [0.2, 0.25) is 0 Å². The number of ether oxygens (including phenoxy) is 2. The highest BCUT2D eigenvalue weighted by Gasteiger charge is 2.19. The Hall–Kier alpha value is -1.14. The van der Waals surface area contributed by atoms with Crippen molar-refractivity contribution >= 4 is 0 Å². The van der Waals surface area contributed by atoms with Crippen LogP contribution in [0.3, 0.4) is 0 Å². The highest BCUT2D eigenvalue weighted by molar-refractivity contribution is 5.39. The smallest absolute Gasteiger partial charge is 0.122 e. The van der Waals surface area contributed by atoms with E-state index in [0.29, 0.717) is 0 Å². The van der Waals surface area contributed by atoms with Crippen molar-refractivity contribution in [3.63, 3.8) is 0 Å². The van der Waals surface area contributed by atoms with Crippen LogP contribution in [0.15, 0.2) is 18.2 Å². The molecule has 0 spiro atoms. The lowest BCUT2D eigenvalue weighted by Gasteiger charge is -2.36. The molecule has 1 aromatic rings. The lowest BCUT2D eigenvalue weighted by atomic mass is 10.1. The van der Waals surface area contributed by atoms with Crippen molar-refractivity contribution in [1.82, 2.24) is 14.7 Å². The first kappa shape index (κ1) is 16.3. The van der Waals surface area contributed by atoms with E-state index in [1.54, 1.807) is 0 Å². The van der Waals surface area contributed by atoms with Gasteiger partial charge < -0.3 is 9.47 Å². The lowest BCUT2D eigenvalue weighted by molar-refractivity contribution is 0.0297. The van der Waals surface area contributed by atoms with Crippen molar-refractivity contribution < 1.29 is 9.47 Å². The second-order valence-corrected chi connectivity index (χ2v) is 7.11. The summed E-state index contributed by atoms with van der Waals surface area (Å²) in [5.74, 6) is 1.09. The van der Waals surface area contributed by atoms with Crippen LogP contribution in [-0.2, 0) is 17.7 Å². The summed E-state index contributed by atoms with van der Waals surface area (Å²) in [5, 5.41) is 0. The summed E-state index contributed by atoms with van der Waals surface area (Å²) in [6.07, 6.45) is 1.07. The molecule has 0 N–H and O–H groups in total. The Morgan fingerprint density at radius 2 is 1.50 bits per heavy atom. The van der Waals surface area contributed by atoms with Gasteiger partial charge in [-0.15, -0.1) is 0 Å². The molecule has 0 unspecified atom stereocenters. The fourth-order valence-corrected chi connectivity index (χ4v) is 3.88. The molecule has 4 rings (SSSR count). The van der Waals surface area contributed by atoms with Crippen molar-refractivity contribution in [1.29, 1.82) is 0 Å². The maximum atomic E-state index is 5.60. The fourth-order valence-electron chi connectivity index (χ4n) is 3.88. The van der Waals surface area contributed by atoms with Gasteiger partial charge >= 0.3 is 0 Å². The van der Waals surface area contributed by atoms with Gasteiger partial charge in [-0.1, -0.05) is 12.1 Å². The molecule has 3 heterocycles. The molecule has 0 radical (unpaired) electrons. The quantitative estimate of drug-likeness (QED) is 0.805. The summed E-state index contributed by atoms with van der Waals surface area (Å²) in [4.78, 5) is 7.73. The third-order valence-corrected chi connectivity index (χ3v) is 5.46. The first-order valence-corrected chi connectivity index (χ1v) is 9.36. The monoisotopic (exact) mass is 331 g/mol. The number of piperazine rings is 1. The highest BCUT2D eigenvalue weighted by atomic mass is 16.5. The molecular weight excluding hydrogens is 302 g/mol. The molecule has 5 heteroatoms. The van der Waals surface area contributed by atoms with Crippen molar-refractivity contribution in [2.75, 3.05) is 72.2 Å². The van der Waals surface area contributed by atoms with Gasteiger partial charge in [0.2, 0.25) is 0 Å². The van der Waals surface area contributed by atoms with E-state index >= 15 is 0 Å². The van der Waals surface area contributed by atoms with Crippen molar-refractivity contribution in [2.24, 2.45) is 0 Å². The number of rotatable bonds is 5. The van der Waals surface area contributed by atoms with Crippen LogP contribution in [0.1, 0.15) is 11.1 Å². The molecule has 0 atom stereocenters. The number of hydrogen-bond donors (Lipinski definition) is 0. The minimum atomic E-state index is 0.848. The molecule has 0 bridgehead atoms.